The Balaban J connectivity index is 2.69. The van der Waals surface area contributed by atoms with Crippen LogP contribution < -0.4 is 10.5 Å². The van der Waals surface area contributed by atoms with E-state index in [1.807, 2.05) is 18.2 Å². The van der Waals surface area contributed by atoms with E-state index in [4.69, 9.17) is 10.5 Å². The Labute approximate surface area is 96.0 Å². The van der Waals surface area contributed by atoms with E-state index in [0.717, 1.165) is 17.6 Å². The molecule has 0 saturated carbocycles. The summed E-state index contributed by atoms with van der Waals surface area (Å²) < 4.78 is 5.36. The molecule has 0 saturated heterocycles. The highest BCUT2D eigenvalue weighted by Crippen LogP contribution is 2.31. The summed E-state index contributed by atoms with van der Waals surface area (Å²) in [6, 6.07) is 12.4. The maximum Gasteiger partial charge on any atom is 0.126 e. The van der Waals surface area contributed by atoms with Crippen LogP contribution in [0.3, 0.4) is 0 Å². The Kier molecular flexibility index (Phi) is 3.11. The van der Waals surface area contributed by atoms with Gasteiger partial charge in [-0.2, -0.15) is 0 Å². The molecule has 0 aliphatic carbocycles. The maximum absolute atomic E-state index is 6.11. The third kappa shape index (κ3) is 1.76. The first kappa shape index (κ1) is 11.0. The van der Waals surface area contributed by atoms with Crippen molar-refractivity contribution in [3.05, 3.63) is 42.0 Å². The van der Waals surface area contributed by atoms with E-state index in [-0.39, 0.29) is 6.04 Å². The smallest absolute Gasteiger partial charge is 0.126 e. The molecule has 2 aromatic rings. The van der Waals surface area contributed by atoms with Crippen molar-refractivity contribution in [3.8, 4) is 5.75 Å². The third-order valence-electron chi connectivity index (χ3n) is 2.98. The van der Waals surface area contributed by atoms with Crippen molar-refractivity contribution in [3.63, 3.8) is 0 Å². The van der Waals surface area contributed by atoms with Crippen molar-refractivity contribution in [1.29, 1.82) is 0 Å². The Bertz CT molecular complexity index is 493. The zero-order valence-corrected chi connectivity index (χ0v) is 9.73. The molecule has 16 heavy (non-hydrogen) atoms. The Morgan fingerprint density at radius 2 is 1.81 bits per heavy atom. The van der Waals surface area contributed by atoms with Gasteiger partial charge in [0.15, 0.2) is 0 Å². The normalized spacial score (nSPS) is 12.7. The predicted molar refractivity (Wildman–Crippen MR) is 67.7 cm³/mol. The van der Waals surface area contributed by atoms with Gasteiger partial charge in [-0.05, 0) is 23.4 Å². The van der Waals surface area contributed by atoms with Crippen LogP contribution in [-0.4, -0.2) is 7.11 Å². The van der Waals surface area contributed by atoms with E-state index in [2.05, 4.69) is 25.1 Å². The summed E-state index contributed by atoms with van der Waals surface area (Å²) >= 11 is 0. The molecule has 0 unspecified atom stereocenters. The van der Waals surface area contributed by atoms with Crippen LogP contribution in [0.25, 0.3) is 10.8 Å². The standard InChI is InChI=1S/C14H17NO/c1-3-13(15)11-8-9-14(16-2)12-7-5-4-6-10(11)12/h4-9,13H,3,15H2,1-2H3/t13-/m1/s1. The summed E-state index contributed by atoms with van der Waals surface area (Å²) in [6.45, 7) is 2.10. The van der Waals surface area contributed by atoms with E-state index in [0.29, 0.717) is 0 Å². The molecule has 84 valence electrons. The molecular formula is C14H17NO. The summed E-state index contributed by atoms with van der Waals surface area (Å²) in [7, 11) is 1.70. The second-order valence-corrected chi connectivity index (χ2v) is 3.92. The van der Waals surface area contributed by atoms with Crippen LogP contribution in [0.15, 0.2) is 36.4 Å². The lowest BCUT2D eigenvalue weighted by Crippen LogP contribution is -2.09. The van der Waals surface area contributed by atoms with Gasteiger partial charge in [0.1, 0.15) is 5.75 Å². The minimum absolute atomic E-state index is 0.0933. The quantitative estimate of drug-likeness (QED) is 0.853. The van der Waals surface area contributed by atoms with Gasteiger partial charge in [0.05, 0.1) is 7.11 Å². The van der Waals surface area contributed by atoms with Gasteiger partial charge in [-0.25, -0.2) is 0 Å². The van der Waals surface area contributed by atoms with Gasteiger partial charge < -0.3 is 10.5 Å². The van der Waals surface area contributed by atoms with Crippen molar-refractivity contribution >= 4 is 10.8 Å². The molecule has 0 spiro atoms. The lowest BCUT2D eigenvalue weighted by atomic mass is 9.97. The summed E-state index contributed by atoms with van der Waals surface area (Å²) in [5.41, 5.74) is 7.30. The SMILES string of the molecule is CC[C@@H](N)c1ccc(OC)c2ccccc12. The number of ether oxygens (including phenoxy) is 1. The molecule has 0 aliphatic heterocycles. The van der Waals surface area contributed by atoms with Crippen LogP contribution in [0.1, 0.15) is 24.9 Å². The van der Waals surface area contributed by atoms with E-state index in [1.54, 1.807) is 7.11 Å². The Morgan fingerprint density at radius 1 is 1.12 bits per heavy atom. The van der Waals surface area contributed by atoms with Crippen LogP contribution in [0.2, 0.25) is 0 Å². The van der Waals surface area contributed by atoms with E-state index >= 15 is 0 Å². The molecule has 0 aromatic heterocycles. The number of methoxy groups -OCH3 is 1. The first-order chi connectivity index (χ1) is 7.77. The summed E-state index contributed by atoms with van der Waals surface area (Å²) in [6.07, 6.45) is 0.941. The predicted octanol–water partition coefficient (Wildman–Crippen LogP) is 3.26. The van der Waals surface area contributed by atoms with Gasteiger partial charge in [-0.1, -0.05) is 37.3 Å². The number of rotatable bonds is 3. The molecule has 1 atom stereocenters. The highest BCUT2D eigenvalue weighted by atomic mass is 16.5. The molecule has 0 amide bonds. The van der Waals surface area contributed by atoms with Crippen molar-refractivity contribution in [2.45, 2.75) is 19.4 Å². The fourth-order valence-corrected chi connectivity index (χ4v) is 2.02. The molecule has 2 heteroatoms. The zero-order chi connectivity index (χ0) is 11.5. The molecule has 0 fully saturated rings. The van der Waals surface area contributed by atoms with Gasteiger partial charge in [0, 0.05) is 11.4 Å². The van der Waals surface area contributed by atoms with Crippen LogP contribution in [-0.2, 0) is 0 Å². The van der Waals surface area contributed by atoms with Gasteiger partial charge >= 0.3 is 0 Å². The average Bonchev–Trinajstić information content (AvgIpc) is 2.36. The Morgan fingerprint density at radius 3 is 2.44 bits per heavy atom. The second-order valence-electron chi connectivity index (χ2n) is 3.92. The Hall–Kier alpha value is -1.54. The van der Waals surface area contributed by atoms with E-state index < -0.39 is 0 Å². The van der Waals surface area contributed by atoms with Crippen molar-refractivity contribution in [2.24, 2.45) is 5.73 Å². The molecule has 2 rings (SSSR count). The van der Waals surface area contributed by atoms with E-state index in [9.17, 15) is 0 Å². The monoisotopic (exact) mass is 215 g/mol. The fourth-order valence-electron chi connectivity index (χ4n) is 2.02. The summed E-state index contributed by atoms with van der Waals surface area (Å²) in [4.78, 5) is 0. The molecular weight excluding hydrogens is 198 g/mol. The van der Waals surface area contributed by atoms with Crippen molar-refractivity contribution in [2.75, 3.05) is 7.11 Å². The lowest BCUT2D eigenvalue weighted by molar-refractivity contribution is 0.419. The largest absolute Gasteiger partial charge is 0.496 e. The zero-order valence-electron chi connectivity index (χ0n) is 9.73. The maximum atomic E-state index is 6.11. The van der Waals surface area contributed by atoms with Gasteiger partial charge in [0.2, 0.25) is 0 Å². The number of nitrogens with two attached hydrogens (primary N) is 1. The first-order valence-corrected chi connectivity index (χ1v) is 5.59. The molecule has 2 nitrogen and oxygen atoms in total. The van der Waals surface area contributed by atoms with Gasteiger partial charge in [-0.3, -0.25) is 0 Å². The first-order valence-electron chi connectivity index (χ1n) is 5.59. The second kappa shape index (κ2) is 4.54. The summed E-state index contributed by atoms with van der Waals surface area (Å²) in [5.74, 6) is 0.905. The third-order valence-corrected chi connectivity index (χ3v) is 2.98. The number of hydrogen-bond donors (Lipinski definition) is 1. The van der Waals surface area contributed by atoms with Crippen LogP contribution in [0, 0.1) is 0 Å². The van der Waals surface area contributed by atoms with Crippen LogP contribution in [0.5, 0.6) is 5.75 Å². The van der Waals surface area contributed by atoms with Crippen molar-refractivity contribution < 1.29 is 4.74 Å². The fraction of sp³-hybridized carbons (Fsp3) is 0.286. The van der Waals surface area contributed by atoms with Crippen LogP contribution >= 0.6 is 0 Å². The van der Waals surface area contributed by atoms with Gasteiger partial charge in [-0.15, -0.1) is 0 Å². The number of fused-ring (bicyclic) bond motifs is 1. The summed E-state index contributed by atoms with van der Waals surface area (Å²) in [5, 5.41) is 2.32. The average molecular weight is 215 g/mol. The molecule has 0 bridgehead atoms. The van der Waals surface area contributed by atoms with E-state index in [1.165, 1.54) is 10.9 Å². The van der Waals surface area contributed by atoms with Crippen LogP contribution in [0.4, 0.5) is 0 Å². The topological polar surface area (TPSA) is 35.2 Å². The highest BCUT2D eigenvalue weighted by Gasteiger charge is 2.10. The highest BCUT2D eigenvalue weighted by molar-refractivity contribution is 5.91. The van der Waals surface area contributed by atoms with Gasteiger partial charge in [0.25, 0.3) is 0 Å². The molecule has 2 N–H and O–H groups in total. The molecule has 0 aliphatic rings. The molecule has 0 heterocycles. The molecule has 0 radical (unpaired) electrons. The van der Waals surface area contributed by atoms with Crippen molar-refractivity contribution in [1.82, 2.24) is 0 Å². The lowest BCUT2D eigenvalue weighted by Gasteiger charge is -2.14. The molecule has 2 aromatic carbocycles. The number of hydrogen-bond acceptors (Lipinski definition) is 2. The number of benzene rings is 2. The minimum atomic E-state index is 0.0933. The minimum Gasteiger partial charge on any atom is -0.496 e.